The molecular weight excluding hydrogens is 288 g/mol. The quantitative estimate of drug-likeness (QED) is 0.609. The summed E-state index contributed by atoms with van der Waals surface area (Å²) in [7, 11) is -3.42. The Labute approximate surface area is 127 Å². The number of hydrogen-bond acceptors (Lipinski definition) is 4. The summed E-state index contributed by atoms with van der Waals surface area (Å²) < 4.78 is 32.0. The highest BCUT2D eigenvalue weighted by atomic mass is 32.2. The molecule has 0 atom stereocenters. The topological polar surface area (TPSA) is 81.4 Å². The fourth-order valence-corrected chi connectivity index (χ4v) is 2.93. The third kappa shape index (κ3) is 7.04. The van der Waals surface area contributed by atoms with Gasteiger partial charge in [-0.1, -0.05) is 19.1 Å². The van der Waals surface area contributed by atoms with Gasteiger partial charge in [-0.3, -0.25) is 0 Å². The van der Waals surface area contributed by atoms with Gasteiger partial charge in [-0.25, -0.2) is 13.1 Å². The Morgan fingerprint density at radius 2 is 1.86 bits per heavy atom. The minimum atomic E-state index is -3.42. The number of benzene rings is 1. The van der Waals surface area contributed by atoms with Gasteiger partial charge >= 0.3 is 0 Å². The van der Waals surface area contributed by atoms with Crippen LogP contribution < -0.4 is 10.5 Å². The van der Waals surface area contributed by atoms with E-state index < -0.39 is 10.0 Å². The molecule has 0 saturated heterocycles. The second-order valence-corrected chi connectivity index (χ2v) is 6.67. The molecular formula is C15H26N2O3S. The Balaban J connectivity index is 2.42. The Hall–Kier alpha value is -0.950. The molecule has 120 valence electrons. The average molecular weight is 314 g/mol. The minimum absolute atomic E-state index is 0.300. The van der Waals surface area contributed by atoms with Crippen molar-refractivity contribution in [3.05, 3.63) is 29.8 Å². The lowest BCUT2D eigenvalue weighted by Crippen LogP contribution is -2.25. The van der Waals surface area contributed by atoms with Crippen molar-refractivity contribution in [3.8, 4) is 0 Å². The SMILES string of the molecule is CCCOCCCNS(=O)(=O)c1ccc(CCCN)cc1. The Morgan fingerprint density at radius 3 is 2.48 bits per heavy atom. The first-order valence-electron chi connectivity index (χ1n) is 7.46. The molecule has 0 aliphatic heterocycles. The number of nitrogens with two attached hydrogens (primary N) is 1. The molecule has 1 aromatic rings. The van der Waals surface area contributed by atoms with Gasteiger partial charge < -0.3 is 10.5 Å². The second kappa shape index (κ2) is 9.89. The second-order valence-electron chi connectivity index (χ2n) is 4.90. The number of rotatable bonds is 11. The van der Waals surface area contributed by atoms with Crippen molar-refractivity contribution in [2.24, 2.45) is 5.73 Å². The molecule has 0 unspecified atom stereocenters. The predicted octanol–water partition coefficient (Wildman–Crippen LogP) is 1.67. The lowest BCUT2D eigenvalue weighted by Gasteiger charge is -2.08. The number of aryl methyl sites for hydroxylation is 1. The van der Waals surface area contributed by atoms with E-state index in [0.29, 0.717) is 31.0 Å². The first-order chi connectivity index (χ1) is 10.1. The zero-order chi connectivity index (χ0) is 15.6. The molecule has 0 bridgehead atoms. The number of sulfonamides is 1. The largest absolute Gasteiger partial charge is 0.381 e. The molecule has 1 rings (SSSR count). The normalized spacial score (nSPS) is 11.7. The first-order valence-corrected chi connectivity index (χ1v) is 8.95. The van der Waals surface area contributed by atoms with Crippen LogP contribution >= 0.6 is 0 Å². The van der Waals surface area contributed by atoms with Gasteiger partial charge in [0.25, 0.3) is 0 Å². The minimum Gasteiger partial charge on any atom is -0.381 e. The maximum Gasteiger partial charge on any atom is 0.240 e. The van der Waals surface area contributed by atoms with Crippen LogP contribution in [0.4, 0.5) is 0 Å². The third-order valence-corrected chi connectivity index (χ3v) is 4.49. The van der Waals surface area contributed by atoms with E-state index in [4.69, 9.17) is 10.5 Å². The maximum absolute atomic E-state index is 12.1. The maximum atomic E-state index is 12.1. The van der Waals surface area contributed by atoms with Gasteiger partial charge in [0.05, 0.1) is 4.90 Å². The van der Waals surface area contributed by atoms with Crippen molar-refractivity contribution < 1.29 is 13.2 Å². The molecule has 0 radical (unpaired) electrons. The Kier molecular flexibility index (Phi) is 8.52. The summed E-state index contributed by atoms with van der Waals surface area (Å²) in [6.45, 7) is 4.37. The van der Waals surface area contributed by atoms with Gasteiger partial charge in [0.2, 0.25) is 10.0 Å². The average Bonchev–Trinajstić information content (AvgIpc) is 2.49. The van der Waals surface area contributed by atoms with Crippen molar-refractivity contribution in [2.45, 2.75) is 37.5 Å². The van der Waals surface area contributed by atoms with Crippen LogP contribution in [0.15, 0.2) is 29.2 Å². The van der Waals surface area contributed by atoms with Crippen LogP contribution in [0, 0.1) is 0 Å². The zero-order valence-corrected chi connectivity index (χ0v) is 13.5. The van der Waals surface area contributed by atoms with Crippen LogP contribution in [0.2, 0.25) is 0 Å². The van der Waals surface area contributed by atoms with Crippen LogP contribution in [0.3, 0.4) is 0 Å². The molecule has 0 aliphatic rings. The summed E-state index contributed by atoms with van der Waals surface area (Å²) in [5, 5.41) is 0. The molecule has 0 saturated carbocycles. The number of nitrogens with one attached hydrogen (secondary N) is 1. The van der Waals surface area contributed by atoms with Crippen LogP contribution in [0.25, 0.3) is 0 Å². The number of ether oxygens (including phenoxy) is 1. The molecule has 0 aromatic heterocycles. The van der Waals surface area contributed by atoms with E-state index in [1.807, 2.05) is 19.1 Å². The standard InChI is InChI=1S/C15H26N2O3S/c1-2-12-20-13-4-11-17-21(18,19)15-8-6-14(7-9-15)5-3-10-16/h6-9,17H,2-5,10-13,16H2,1H3. The summed E-state index contributed by atoms with van der Waals surface area (Å²) >= 11 is 0. The highest BCUT2D eigenvalue weighted by Gasteiger charge is 2.12. The fraction of sp³-hybridized carbons (Fsp3) is 0.600. The fourth-order valence-electron chi connectivity index (χ4n) is 1.85. The van der Waals surface area contributed by atoms with E-state index in [9.17, 15) is 8.42 Å². The van der Waals surface area contributed by atoms with Crippen molar-refractivity contribution in [1.82, 2.24) is 4.72 Å². The molecule has 0 aliphatic carbocycles. The van der Waals surface area contributed by atoms with Gasteiger partial charge in [-0.15, -0.1) is 0 Å². The van der Waals surface area contributed by atoms with E-state index in [1.165, 1.54) is 0 Å². The highest BCUT2D eigenvalue weighted by molar-refractivity contribution is 7.89. The van der Waals surface area contributed by atoms with Crippen molar-refractivity contribution in [1.29, 1.82) is 0 Å². The van der Waals surface area contributed by atoms with Gasteiger partial charge in [-0.2, -0.15) is 0 Å². The van der Waals surface area contributed by atoms with Crippen LogP contribution in [-0.2, 0) is 21.2 Å². The first kappa shape index (κ1) is 18.1. The molecule has 21 heavy (non-hydrogen) atoms. The molecule has 0 amide bonds. The monoisotopic (exact) mass is 314 g/mol. The van der Waals surface area contributed by atoms with Gasteiger partial charge in [0.15, 0.2) is 0 Å². The predicted molar refractivity (Wildman–Crippen MR) is 84.7 cm³/mol. The summed E-state index contributed by atoms with van der Waals surface area (Å²) in [6.07, 6.45) is 3.43. The summed E-state index contributed by atoms with van der Waals surface area (Å²) in [4.78, 5) is 0.300. The lowest BCUT2D eigenvalue weighted by atomic mass is 10.1. The third-order valence-electron chi connectivity index (χ3n) is 3.01. The van der Waals surface area contributed by atoms with E-state index in [-0.39, 0.29) is 0 Å². The van der Waals surface area contributed by atoms with Gasteiger partial charge in [-0.05, 0) is 49.9 Å². The van der Waals surface area contributed by atoms with Crippen molar-refractivity contribution in [2.75, 3.05) is 26.3 Å². The Morgan fingerprint density at radius 1 is 1.14 bits per heavy atom. The van der Waals surface area contributed by atoms with Crippen molar-refractivity contribution >= 4 is 10.0 Å². The van der Waals surface area contributed by atoms with Crippen LogP contribution in [0.1, 0.15) is 31.7 Å². The zero-order valence-electron chi connectivity index (χ0n) is 12.7. The lowest BCUT2D eigenvalue weighted by molar-refractivity contribution is 0.133. The molecule has 1 aromatic carbocycles. The highest BCUT2D eigenvalue weighted by Crippen LogP contribution is 2.11. The molecule has 0 spiro atoms. The smallest absolute Gasteiger partial charge is 0.240 e. The Bertz CT molecular complexity index is 486. The molecule has 3 N–H and O–H groups in total. The number of hydrogen-bond donors (Lipinski definition) is 2. The van der Waals surface area contributed by atoms with E-state index in [1.54, 1.807) is 12.1 Å². The molecule has 5 nitrogen and oxygen atoms in total. The molecule has 0 heterocycles. The summed E-state index contributed by atoms with van der Waals surface area (Å²) in [5.41, 5.74) is 6.56. The van der Waals surface area contributed by atoms with E-state index >= 15 is 0 Å². The van der Waals surface area contributed by atoms with Gasteiger partial charge in [0.1, 0.15) is 0 Å². The molecule has 6 heteroatoms. The van der Waals surface area contributed by atoms with E-state index in [2.05, 4.69) is 4.72 Å². The summed E-state index contributed by atoms with van der Waals surface area (Å²) in [6, 6.07) is 6.96. The van der Waals surface area contributed by atoms with Gasteiger partial charge in [0, 0.05) is 19.8 Å². The molecule has 0 fully saturated rings. The van der Waals surface area contributed by atoms with Crippen LogP contribution in [-0.4, -0.2) is 34.7 Å². The summed E-state index contributed by atoms with van der Waals surface area (Å²) in [5.74, 6) is 0. The van der Waals surface area contributed by atoms with Crippen LogP contribution in [0.5, 0.6) is 0 Å². The van der Waals surface area contributed by atoms with E-state index in [0.717, 1.165) is 31.4 Å². The van der Waals surface area contributed by atoms with Crippen molar-refractivity contribution in [3.63, 3.8) is 0 Å².